The minimum Gasteiger partial charge on any atom is -0.335 e. The fourth-order valence-corrected chi connectivity index (χ4v) is 1.92. The van der Waals surface area contributed by atoms with Crippen LogP contribution < -0.4 is 0 Å². The normalized spacial score (nSPS) is 15.7. The molecule has 0 spiro atoms. The number of halogens is 1. The van der Waals surface area contributed by atoms with Crippen LogP contribution in [0.15, 0.2) is 18.2 Å². The molecule has 0 aliphatic carbocycles. The Morgan fingerprint density at radius 3 is 2.60 bits per heavy atom. The van der Waals surface area contributed by atoms with E-state index in [-0.39, 0.29) is 31.4 Å². The van der Waals surface area contributed by atoms with Gasteiger partial charge in [-0.05, 0) is 11.6 Å². The van der Waals surface area contributed by atoms with E-state index in [0.717, 1.165) is 12.1 Å². The van der Waals surface area contributed by atoms with E-state index in [0.29, 0.717) is 5.56 Å². The molecule has 1 aliphatic rings. The van der Waals surface area contributed by atoms with Gasteiger partial charge in [-0.2, -0.15) is 4.39 Å². The summed E-state index contributed by atoms with van der Waals surface area (Å²) in [5.74, 6) is -1.40. The SMILES string of the molecule is CN1CC(=O)N(Cc2ccc([N+](=O)[O-])c(F)c2)CC1=O. The van der Waals surface area contributed by atoms with Gasteiger partial charge in [0.25, 0.3) is 0 Å². The Hall–Kier alpha value is -2.51. The Kier molecular flexibility index (Phi) is 3.64. The first kappa shape index (κ1) is 13.9. The van der Waals surface area contributed by atoms with E-state index in [1.54, 1.807) is 0 Å². The van der Waals surface area contributed by atoms with Crippen molar-refractivity contribution in [3.8, 4) is 0 Å². The lowest BCUT2D eigenvalue weighted by molar-refractivity contribution is -0.387. The van der Waals surface area contributed by atoms with Crippen molar-refractivity contribution in [1.29, 1.82) is 0 Å². The van der Waals surface area contributed by atoms with Gasteiger partial charge in [-0.1, -0.05) is 6.07 Å². The third kappa shape index (κ3) is 2.73. The molecule has 0 N–H and O–H groups in total. The molecule has 0 aromatic heterocycles. The fourth-order valence-electron chi connectivity index (χ4n) is 1.92. The highest BCUT2D eigenvalue weighted by molar-refractivity contribution is 5.92. The van der Waals surface area contributed by atoms with Crippen molar-refractivity contribution in [3.63, 3.8) is 0 Å². The van der Waals surface area contributed by atoms with E-state index in [1.165, 1.54) is 22.9 Å². The summed E-state index contributed by atoms with van der Waals surface area (Å²) in [5.41, 5.74) is -0.215. The Bertz CT molecular complexity index is 590. The number of carbonyl (C=O) groups excluding carboxylic acids is 2. The van der Waals surface area contributed by atoms with Crippen LogP contribution in [-0.4, -0.2) is 46.7 Å². The van der Waals surface area contributed by atoms with Crippen LogP contribution in [0.5, 0.6) is 0 Å². The van der Waals surface area contributed by atoms with E-state index in [1.807, 2.05) is 0 Å². The number of nitrogens with zero attached hydrogens (tertiary/aromatic N) is 3. The topological polar surface area (TPSA) is 83.8 Å². The number of piperazine rings is 1. The zero-order valence-corrected chi connectivity index (χ0v) is 10.7. The number of rotatable bonds is 3. The Balaban J connectivity index is 2.14. The van der Waals surface area contributed by atoms with Crippen LogP contribution >= 0.6 is 0 Å². The van der Waals surface area contributed by atoms with Crippen LogP contribution in [0.4, 0.5) is 10.1 Å². The first-order valence-electron chi connectivity index (χ1n) is 5.83. The van der Waals surface area contributed by atoms with E-state index in [2.05, 4.69) is 0 Å². The Morgan fingerprint density at radius 2 is 2.00 bits per heavy atom. The third-order valence-corrected chi connectivity index (χ3v) is 3.06. The molecule has 2 rings (SSSR count). The highest BCUT2D eigenvalue weighted by Crippen LogP contribution is 2.19. The van der Waals surface area contributed by atoms with Gasteiger partial charge in [-0.25, -0.2) is 0 Å². The number of carbonyl (C=O) groups is 2. The molecule has 1 aliphatic heterocycles. The van der Waals surface area contributed by atoms with Crippen molar-refractivity contribution in [2.75, 3.05) is 20.1 Å². The second-order valence-corrected chi connectivity index (χ2v) is 4.54. The molecule has 1 aromatic carbocycles. The molecule has 0 radical (unpaired) electrons. The van der Waals surface area contributed by atoms with Crippen molar-refractivity contribution < 1.29 is 18.9 Å². The molecule has 1 fully saturated rings. The summed E-state index contributed by atoms with van der Waals surface area (Å²) >= 11 is 0. The lowest BCUT2D eigenvalue weighted by Crippen LogP contribution is -2.51. The number of benzene rings is 1. The predicted molar refractivity (Wildman–Crippen MR) is 66.1 cm³/mol. The van der Waals surface area contributed by atoms with E-state index in [4.69, 9.17) is 0 Å². The minimum atomic E-state index is -0.958. The highest BCUT2D eigenvalue weighted by Gasteiger charge is 2.27. The molecule has 20 heavy (non-hydrogen) atoms. The largest absolute Gasteiger partial charge is 0.335 e. The van der Waals surface area contributed by atoms with Gasteiger partial charge in [-0.15, -0.1) is 0 Å². The summed E-state index contributed by atoms with van der Waals surface area (Å²) < 4.78 is 13.5. The maximum absolute atomic E-state index is 13.5. The zero-order chi connectivity index (χ0) is 14.9. The van der Waals surface area contributed by atoms with E-state index < -0.39 is 16.4 Å². The standard InChI is InChI=1S/C12H12FN3O4/c1-14-6-12(18)15(7-11(14)17)5-8-2-3-10(16(19)20)9(13)4-8/h2-4H,5-7H2,1H3. The van der Waals surface area contributed by atoms with E-state index >= 15 is 0 Å². The summed E-state index contributed by atoms with van der Waals surface area (Å²) in [7, 11) is 1.53. The van der Waals surface area contributed by atoms with Gasteiger partial charge < -0.3 is 9.80 Å². The van der Waals surface area contributed by atoms with Gasteiger partial charge in [0.15, 0.2) is 0 Å². The van der Waals surface area contributed by atoms with E-state index in [9.17, 15) is 24.1 Å². The highest BCUT2D eigenvalue weighted by atomic mass is 19.1. The third-order valence-electron chi connectivity index (χ3n) is 3.06. The number of amides is 2. The first-order valence-corrected chi connectivity index (χ1v) is 5.83. The van der Waals surface area contributed by atoms with Crippen LogP contribution in [0.25, 0.3) is 0 Å². The molecule has 7 nitrogen and oxygen atoms in total. The molecule has 2 amide bonds. The Morgan fingerprint density at radius 1 is 1.30 bits per heavy atom. The van der Waals surface area contributed by atoms with Crippen LogP contribution in [-0.2, 0) is 16.1 Å². The van der Waals surface area contributed by atoms with Crippen molar-refractivity contribution in [2.45, 2.75) is 6.54 Å². The molecule has 1 saturated heterocycles. The van der Waals surface area contributed by atoms with Crippen molar-refractivity contribution in [2.24, 2.45) is 0 Å². The summed E-state index contributed by atoms with van der Waals surface area (Å²) in [4.78, 5) is 35.6. The number of nitro groups is 1. The van der Waals surface area contributed by atoms with Crippen LogP contribution in [0.2, 0.25) is 0 Å². The van der Waals surface area contributed by atoms with Crippen LogP contribution in [0.1, 0.15) is 5.56 Å². The second-order valence-electron chi connectivity index (χ2n) is 4.54. The minimum absolute atomic E-state index is 0.0195. The molecular formula is C12H12FN3O4. The summed E-state index contributed by atoms with van der Waals surface area (Å²) in [6.45, 7) is -0.0461. The smallest absolute Gasteiger partial charge is 0.304 e. The Labute approximate surface area is 113 Å². The average Bonchev–Trinajstić information content (AvgIpc) is 2.35. The predicted octanol–water partition coefficient (Wildman–Crippen LogP) is 0.534. The molecule has 1 aromatic rings. The van der Waals surface area contributed by atoms with Gasteiger partial charge in [0.05, 0.1) is 11.5 Å². The summed E-state index contributed by atoms with van der Waals surface area (Å²) in [6.07, 6.45) is 0. The quantitative estimate of drug-likeness (QED) is 0.597. The van der Waals surface area contributed by atoms with Gasteiger partial charge in [0.1, 0.15) is 6.54 Å². The van der Waals surface area contributed by atoms with Gasteiger partial charge in [0.2, 0.25) is 17.6 Å². The molecule has 8 heteroatoms. The van der Waals surface area contributed by atoms with Crippen molar-refractivity contribution >= 4 is 17.5 Å². The maximum atomic E-state index is 13.5. The van der Waals surface area contributed by atoms with Crippen LogP contribution in [0.3, 0.4) is 0 Å². The van der Waals surface area contributed by atoms with Crippen LogP contribution in [0, 0.1) is 15.9 Å². The number of nitro benzene ring substituents is 1. The molecule has 0 saturated carbocycles. The van der Waals surface area contributed by atoms with Gasteiger partial charge in [0, 0.05) is 19.7 Å². The lowest BCUT2D eigenvalue weighted by atomic mass is 10.1. The number of hydrogen-bond donors (Lipinski definition) is 0. The second kappa shape index (κ2) is 5.24. The molecule has 0 atom stereocenters. The molecule has 0 bridgehead atoms. The summed E-state index contributed by atoms with van der Waals surface area (Å²) in [6, 6.07) is 3.43. The van der Waals surface area contributed by atoms with Gasteiger partial charge in [-0.3, -0.25) is 19.7 Å². The summed E-state index contributed by atoms with van der Waals surface area (Å²) in [5, 5.41) is 10.5. The van der Waals surface area contributed by atoms with Crippen molar-refractivity contribution in [3.05, 3.63) is 39.7 Å². The maximum Gasteiger partial charge on any atom is 0.304 e. The zero-order valence-electron chi connectivity index (χ0n) is 10.7. The molecule has 106 valence electrons. The first-order chi connectivity index (χ1) is 9.38. The number of hydrogen-bond acceptors (Lipinski definition) is 4. The average molecular weight is 281 g/mol. The van der Waals surface area contributed by atoms with Crippen molar-refractivity contribution in [1.82, 2.24) is 9.80 Å². The fraction of sp³-hybridized carbons (Fsp3) is 0.333. The molecule has 0 unspecified atom stereocenters. The lowest BCUT2D eigenvalue weighted by Gasteiger charge is -2.31. The molecule has 1 heterocycles. The van der Waals surface area contributed by atoms with Gasteiger partial charge >= 0.3 is 5.69 Å². The number of likely N-dealkylation sites (N-methyl/N-ethyl adjacent to an activating group) is 1. The monoisotopic (exact) mass is 281 g/mol. The molecular weight excluding hydrogens is 269 g/mol.